The first-order valence-corrected chi connectivity index (χ1v) is 27.2. The highest BCUT2D eigenvalue weighted by atomic mass is 32.1. The van der Waals surface area contributed by atoms with Gasteiger partial charge >= 0.3 is 5.97 Å². The number of carbonyl (C=O) groups is 3. The molecule has 4 aliphatic heterocycles. The first kappa shape index (κ1) is 50.9. The van der Waals surface area contributed by atoms with E-state index < -0.39 is 47.8 Å². The molecule has 3 aromatic heterocycles. The highest BCUT2D eigenvalue weighted by Crippen LogP contribution is 2.46. The summed E-state index contributed by atoms with van der Waals surface area (Å²) >= 11 is 1.39. The number of methoxy groups -OCH3 is 1. The lowest BCUT2D eigenvalue weighted by atomic mass is 9.84. The Hall–Kier alpha value is -4.56. The number of hydrazine groups is 1. The van der Waals surface area contributed by atoms with Gasteiger partial charge in [-0.05, 0) is 88.0 Å². The summed E-state index contributed by atoms with van der Waals surface area (Å²) in [4.78, 5) is 58.3. The predicted molar refractivity (Wildman–Crippen MR) is 273 cm³/mol. The van der Waals surface area contributed by atoms with Crippen LogP contribution in [0.4, 0.5) is 10.1 Å². The number of fused-ring (bicyclic) bond motifs is 6. The quantitative estimate of drug-likeness (QED) is 0.131. The molecule has 0 radical (unpaired) electrons. The fraction of sp³-hybridized carbons (Fsp3) is 0.648. The van der Waals surface area contributed by atoms with Crippen LogP contribution in [0.15, 0.2) is 35.8 Å². The minimum atomic E-state index is -1.21. The van der Waals surface area contributed by atoms with E-state index in [0.29, 0.717) is 62.1 Å². The minimum absolute atomic E-state index is 0.0178. The third kappa shape index (κ3) is 10.6. The van der Waals surface area contributed by atoms with E-state index in [1.54, 1.807) is 7.11 Å². The fourth-order valence-corrected chi connectivity index (χ4v) is 12.3. The third-order valence-electron chi connectivity index (χ3n) is 16.1. The van der Waals surface area contributed by atoms with Crippen LogP contribution in [0, 0.1) is 23.2 Å². The molecule has 7 heterocycles. The maximum Gasteiger partial charge on any atom is 0.324 e. The molecule has 72 heavy (non-hydrogen) atoms. The molecule has 3 saturated heterocycles. The zero-order chi connectivity index (χ0) is 50.4. The molecule has 6 aliphatic rings. The molecule has 6 bridgehead atoms. The second kappa shape index (κ2) is 21.4. The van der Waals surface area contributed by atoms with Gasteiger partial charge in [-0.25, -0.2) is 14.8 Å². The number of nitrogens with zero attached hydrogens (tertiary/aromatic N) is 6. The Morgan fingerprint density at radius 3 is 2.57 bits per heavy atom. The van der Waals surface area contributed by atoms with Crippen LogP contribution >= 0.6 is 11.3 Å². The number of pyridine rings is 1. The Labute approximate surface area is 426 Å². The average Bonchev–Trinajstić information content (AvgIpc) is 4.25. The van der Waals surface area contributed by atoms with E-state index in [0.717, 1.165) is 70.8 Å². The van der Waals surface area contributed by atoms with Gasteiger partial charge in [-0.3, -0.25) is 29.3 Å². The molecule has 2 amide bonds. The molecule has 2 saturated carbocycles. The number of nitrogens with one attached hydrogen (secondary N) is 2. The highest BCUT2D eigenvalue weighted by molar-refractivity contribution is 7.10. The van der Waals surface area contributed by atoms with Crippen LogP contribution in [0.25, 0.3) is 33.4 Å². The van der Waals surface area contributed by atoms with E-state index >= 15 is 4.39 Å². The van der Waals surface area contributed by atoms with Gasteiger partial charge in [0.2, 0.25) is 5.91 Å². The molecule has 18 heteroatoms. The van der Waals surface area contributed by atoms with Crippen molar-refractivity contribution in [3.63, 3.8) is 0 Å². The maximum absolute atomic E-state index is 15.2. The van der Waals surface area contributed by atoms with Crippen molar-refractivity contribution in [2.75, 3.05) is 77.8 Å². The molecule has 2 N–H and O–H groups in total. The smallest absolute Gasteiger partial charge is 0.324 e. The molecule has 5 fully saturated rings. The Morgan fingerprint density at radius 2 is 1.85 bits per heavy atom. The molecule has 4 aromatic rings. The molecule has 1 aromatic carbocycles. The number of aromatic nitrogens is 3. The monoisotopic (exact) mass is 1010 g/mol. The van der Waals surface area contributed by atoms with Crippen molar-refractivity contribution in [3.8, 4) is 22.5 Å². The number of alkyl halides is 1. The Kier molecular flexibility index (Phi) is 15.1. The van der Waals surface area contributed by atoms with E-state index in [9.17, 15) is 14.4 Å². The van der Waals surface area contributed by atoms with E-state index in [1.165, 1.54) is 29.2 Å². The zero-order valence-corrected chi connectivity index (χ0v) is 43.8. The third-order valence-corrected chi connectivity index (χ3v) is 17.0. The van der Waals surface area contributed by atoms with Gasteiger partial charge in [-0.2, -0.15) is 0 Å². The Balaban J connectivity index is 1.12. The Bertz CT molecular complexity index is 2610. The van der Waals surface area contributed by atoms with Crippen molar-refractivity contribution in [3.05, 3.63) is 52.1 Å². The van der Waals surface area contributed by atoms with E-state index in [-0.39, 0.29) is 56.2 Å². The Morgan fingerprint density at radius 1 is 1.06 bits per heavy atom. The maximum atomic E-state index is 15.2. The summed E-state index contributed by atoms with van der Waals surface area (Å²) < 4.78 is 48.0. The minimum Gasteiger partial charge on any atom is -0.464 e. The molecule has 0 spiro atoms. The average molecular weight is 1010 g/mol. The number of ether oxygens (including phenoxy) is 5. The first-order valence-electron chi connectivity index (χ1n) is 26.4. The molecule has 2 aliphatic carbocycles. The molecule has 16 nitrogen and oxygen atoms in total. The molecule has 1 unspecified atom stereocenters. The summed E-state index contributed by atoms with van der Waals surface area (Å²) in [6, 6.07) is 7.43. The van der Waals surface area contributed by atoms with Crippen molar-refractivity contribution in [2.24, 2.45) is 23.2 Å². The fourth-order valence-electron chi connectivity index (χ4n) is 11.4. The summed E-state index contributed by atoms with van der Waals surface area (Å²) in [5, 5.41) is 8.07. The van der Waals surface area contributed by atoms with Crippen LogP contribution in [0.3, 0.4) is 0 Å². The number of hydrogen-bond acceptors (Lipinski definition) is 14. The van der Waals surface area contributed by atoms with Gasteiger partial charge in [0.1, 0.15) is 29.4 Å². The van der Waals surface area contributed by atoms with Crippen molar-refractivity contribution >= 4 is 45.7 Å². The normalized spacial score (nSPS) is 28.7. The lowest BCUT2D eigenvalue weighted by molar-refractivity contribution is -0.156. The van der Waals surface area contributed by atoms with E-state index in [1.807, 2.05) is 39.3 Å². The van der Waals surface area contributed by atoms with Crippen molar-refractivity contribution in [1.82, 2.24) is 35.2 Å². The summed E-state index contributed by atoms with van der Waals surface area (Å²) in [7, 11) is 1.70. The van der Waals surface area contributed by atoms with Crippen LogP contribution in [-0.2, 0) is 51.0 Å². The van der Waals surface area contributed by atoms with Crippen molar-refractivity contribution < 1.29 is 42.5 Å². The van der Waals surface area contributed by atoms with Crippen LogP contribution < -0.4 is 15.6 Å². The molecule has 390 valence electrons. The number of thiazole rings is 1. The van der Waals surface area contributed by atoms with Gasteiger partial charge in [0, 0.05) is 104 Å². The molecular weight excluding hydrogens is 940 g/mol. The number of amides is 2. The predicted octanol–water partition coefficient (Wildman–Crippen LogP) is 7.05. The number of esters is 1. The lowest BCUT2D eigenvalue weighted by Crippen LogP contribution is -2.61. The largest absolute Gasteiger partial charge is 0.464 e. The van der Waals surface area contributed by atoms with Crippen LogP contribution in [0.1, 0.15) is 102 Å². The van der Waals surface area contributed by atoms with Gasteiger partial charge in [0.05, 0.1) is 61.0 Å². The summed E-state index contributed by atoms with van der Waals surface area (Å²) in [6.45, 7) is 17.8. The van der Waals surface area contributed by atoms with Crippen LogP contribution in [0.2, 0.25) is 0 Å². The van der Waals surface area contributed by atoms with Gasteiger partial charge in [-0.1, -0.05) is 33.8 Å². The number of anilines is 1. The molecular formula is C54H73FN8O8S. The van der Waals surface area contributed by atoms with Gasteiger partial charge in [0.25, 0.3) is 5.91 Å². The van der Waals surface area contributed by atoms with Crippen molar-refractivity contribution in [1.29, 1.82) is 0 Å². The molecule has 10 rings (SSSR count). The zero-order valence-electron chi connectivity index (χ0n) is 43.0. The lowest BCUT2D eigenvalue weighted by Gasteiger charge is -2.37. The van der Waals surface area contributed by atoms with Gasteiger partial charge in [0.15, 0.2) is 0 Å². The summed E-state index contributed by atoms with van der Waals surface area (Å²) in [6.07, 6.45) is 3.48. The number of benzene rings is 1. The standard InChI is InChI=1S/C54H73FN8O8S/c1-8-69-49-47(58-50(64)45-31(2)32(45)3)52(65)63-16-9-10-41(59-63)53(66)71-30-54(5,6)26-39-37-24-34(42-29-72-51(49)57-42)11-14-43(37)62(21-23-70-44-15-22-68-28-40(44)55)48(39)38-25-36(27-56-46(38)33(4)67-7)61-19-17-60(18-20-61)35-12-13-35/h11,14,24-25,27,29,31-33,35,40-41,44-45,47,49,59H,8-10,12-13,15-23,26,28,30H2,1-7H3,(H,58,64)/t31-,32+,33-,40-,41-,44+,45?,47-,49-/m0/s1. The van der Waals surface area contributed by atoms with E-state index in [4.69, 9.17) is 33.7 Å². The molecule has 9 atom stereocenters. The number of carbonyl (C=O) groups excluding carboxylic acids is 3. The van der Waals surface area contributed by atoms with Gasteiger partial charge in [-0.15, -0.1) is 11.3 Å². The van der Waals surface area contributed by atoms with Crippen molar-refractivity contribution in [2.45, 2.75) is 129 Å². The van der Waals surface area contributed by atoms with Crippen LogP contribution in [0.5, 0.6) is 0 Å². The topological polar surface area (TPSA) is 162 Å². The summed E-state index contributed by atoms with van der Waals surface area (Å²) in [5.74, 6) is -0.899. The number of cyclic esters (lactones) is 1. The summed E-state index contributed by atoms with van der Waals surface area (Å²) in [5.41, 5.74) is 9.83. The number of halogens is 1. The first-order chi connectivity index (χ1) is 34.7. The second-order valence-electron chi connectivity index (χ2n) is 21.7. The van der Waals surface area contributed by atoms with Crippen LogP contribution in [-0.4, -0.2) is 145 Å². The van der Waals surface area contributed by atoms with E-state index in [2.05, 4.69) is 63.2 Å². The highest BCUT2D eigenvalue weighted by Gasteiger charge is 2.50. The number of rotatable bonds is 13. The SMILES string of the molecule is CCO[C@@H]1c2nc(cs2)-c2ccc3c(c2)c(c(-c2cc(N4CCN(C5CC5)CC4)cnc2[C@H](C)OC)n3CCO[C@@H]2CCOC[C@@H]2F)CC(C)(C)COC(=O)[C@@H]2CCCN(N2)C(=O)[C@H]1NC(=O)C1[C@@H](C)[C@H]1C. The number of hydrogen-bond donors (Lipinski definition) is 2. The second-order valence-corrected chi connectivity index (χ2v) is 22.6. The number of piperazine rings is 1. The van der Waals surface area contributed by atoms with Gasteiger partial charge < -0.3 is 38.5 Å².